The van der Waals surface area contributed by atoms with Gasteiger partial charge in [0.2, 0.25) is 0 Å². The summed E-state index contributed by atoms with van der Waals surface area (Å²) >= 11 is 3.41. The van der Waals surface area contributed by atoms with Crippen LogP contribution >= 0.6 is 15.9 Å². The second-order valence-electron chi connectivity index (χ2n) is 4.08. The van der Waals surface area contributed by atoms with E-state index in [9.17, 15) is 0 Å². The summed E-state index contributed by atoms with van der Waals surface area (Å²) in [5, 5.41) is 3.54. The van der Waals surface area contributed by atoms with Crippen LogP contribution in [0.25, 0.3) is 6.08 Å². The Morgan fingerprint density at radius 3 is 2.70 bits per heavy atom. The van der Waals surface area contributed by atoms with Gasteiger partial charge in [0.25, 0.3) is 0 Å². The number of nitrogens with two attached hydrogens (primary N) is 1. The molecular formula is C16H15BrN2O. The lowest BCUT2D eigenvalue weighted by Gasteiger charge is -2.07. The molecular weight excluding hydrogens is 316 g/mol. The fraction of sp³-hybridized carbons (Fsp3) is 0.0625. The minimum absolute atomic E-state index is 0.488. The van der Waals surface area contributed by atoms with Gasteiger partial charge in [0.15, 0.2) is 0 Å². The maximum Gasteiger partial charge on any atom is 0.128 e. The number of hydrogen-bond acceptors (Lipinski definition) is 3. The molecule has 4 heteroatoms. The molecule has 0 radical (unpaired) electrons. The predicted octanol–water partition coefficient (Wildman–Crippen LogP) is 3.83. The van der Waals surface area contributed by atoms with E-state index in [2.05, 4.69) is 21.0 Å². The van der Waals surface area contributed by atoms with Gasteiger partial charge in [-0.3, -0.25) is 0 Å². The van der Waals surface area contributed by atoms with Crippen molar-refractivity contribution >= 4 is 28.2 Å². The average molecular weight is 331 g/mol. The van der Waals surface area contributed by atoms with Crippen molar-refractivity contribution in [1.29, 1.82) is 0 Å². The van der Waals surface area contributed by atoms with Crippen LogP contribution in [0.15, 0.2) is 64.2 Å². The van der Waals surface area contributed by atoms with E-state index in [1.54, 1.807) is 6.21 Å². The van der Waals surface area contributed by atoms with Crippen molar-refractivity contribution in [2.75, 3.05) is 6.61 Å². The molecule has 0 saturated carbocycles. The van der Waals surface area contributed by atoms with Crippen molar-refractivity contribution in [3.63, 3.8) is 0 Å². The van der Waals surface area contributed by atoms with Crippen LogP contribution < -0.4 is 10.6 Å². The number of nitrogens with zero attached hydrogens (tertiary/aromatic N) is 1. The summed E-state index contributed by atoms with van der Waals surface area (Å²) in [5.74, 6) is 5.95. The molecule has 2 rings (SSSR count). The lowest BCUT2D eigenvalue weighted by molar-refractivity contribution is 0.363. The van der Waals surface area contributed by atoms with Gasteiger partial charge in [0.1, 0.15) is 12.4 Å². The van der Waals surface area contributed by atoms with E-state index >= 15 is 0 Å². The van der Waals surface area contributed by atoms with Crippen LogP contribution in [0.4, 0.5) is 0 Å². The van der Waals surface area contributed by atoms with Crippen molar-refractivity contribution < 1.29 is 4.74 Å². The van der Waals surface area contributed by atoms with Crippen LogP contribution in [0.5, 0.6) is 5.75 Å². The Balaban J connectivity index is 1.99. The van der Waals surface area contributed by atoms with E-state index in [1.165, 1.54) is 0 Å². The van der Waals surface area contributed by atoms with Gasteiger partial charge in [-0.15, -0.1) is 0 Å². The van der Waals surface area contributed by atoms with Crippen LogP contribution in [0.1, 0.15) is 11.1 Å². The Morgan fingerprint density at radius 2 is 1.95 bits per heavy atom. The highest BCUT2D eigenvalue weighted by atomic mass is 79.9. The van der Waals surface area contributed by atoms with Crippen molar-refractivity contribution in [3.05, 3.63) is 70.2 Å². The van der Waals surface area contributed by atoms with E-state index in [-0.39, 0.29) is 0 Å². The Labute approximate surface area is 126 Å². The molecule has 0 bridgehead atoms. The molecule has 0 saturated heterocycles. The maximum absolute atomic E-state index is 5.71. The Kier molecular flexibility index (Phi) is 5.38. The number of hydrazone groups is 1. The van der Waals surface area contributed by atoms with E-state index in [0.29, 0.717) is 6.61 Å². The quantitative estimate of drug-likeness (QED) is 0.514. The summed E-state index contributed by atoms with van der Waals surface area (Å²) in [6.45, 7) is 0.488. The summed E-state index contributed by atoms with van der Waals surface area (Å²) in [6.07, 6.45) is 5.57. The smallest absolute Gasteiger partial charge is 0.128 e. The van der Waals surface area contributed by atoms with Crippen LogP contribution in [-0.4, -0.2) is 12.8 Å². The van der Waals surface area contributed by atoms with E-state index < -0.39 is 0 Å². The van der Waals surface area contributed by atoms with E-state index in [1.807, 2.05) is 60.7 Å². The topological polar surface area (TPSA) is 47.6 Å². The van der Waals surface area contributed by atoms with Crippen LogP contribution in [0.3, 0.4) is 0 Å². The fourth-order valence-electron chi connectivity index (χ4n) is 1.72. The van der Waals surface area contributed by atoms with Gasteiger partial charge < -0.3 is 10.6 Å². The Bertz CT molecular complexity index is 609. The lowest BCUT2D eigenvalue weighted by atomic mass is 10.2. The van der Waals surface area contributed by atoms with Crippen molar-refractivity contribution in [3.8, 4) is 5.75 Å². The second kappa shape index (κ2) is 7.50. The molecule has 3 nitrogen and oxygen atoms in total. The first-order chi connectivity index (χ1) is 9.79. The first-order valence-corrected chi connectivity index (χ1v) is 6.96. The molecule has 0 aromatic heterocycles. The fourth-order valence-corrected chi connectivity index (χ4v) is 2.10. The zero-order valence-electron chi connectivity index (χ0n) is 10.9. The number of ether oxygens (including phenoxy) is 1. The maximum atomic E-state index is 5.71. The molecule has 0 aliphatic carbocycles. The van der Waals surface area contributed by atoms with Crippen molar-refractivity contribution in [2.24, 2.45) is 10.9 Å². The molecule has 0 unspecified atom stereocenters. The highest BCUT2D eigenvalue weighted by Crippen LogP contribution is 2.21. The largest absolute Gasteiger partial charge is 0.489 e. The third-order valence-corrected chi connectivity index (χ3v) is 3.12. The zero-order chi connectivity index (χ0) is 14.2. The highest BCUT2D eigenvalue weighted by molar-refractivity contribution is 9.10. The molecule has 2 aromatic rings. The minimum Gasteiger partial charge on any atom is -0.489 e. The zero-order valence-corrected chi connectivity index (χ0v) is 12.5. The van der Waals surface area contributed by atoms with Crippen LogP contribution in [0.2, 0.25) is 0 Å². The predicted molar refractivity (Wildman–Crippen MR) is 86.9 cm³/mol. The number of halogens is 1. The average Bonchev–Trinajstić information content (AvgIpc) is 2.47. The number of hydrogen-bond donors (Lipinski definition) is 1. The van der Waals surface area contributed by atoms with Gasteiger partial charge in [0.05, 0.1) is 6.21 Å². The summed E-state index contributed by atoms with van der Waals surface area (Å²) in [5.41, 5.74) is 1.99. The van der Waals surface area contributed by atoms with E-state index in [0.717, 1.165) is 21.3 Å². The minimum atomic E-state index is 0.488. The molecule has 0 fully saturated rings. The summed E-state index contributed by atoms with van der Waals surface area (Å²) < 4.78 is 6.67. The molecule has 0 spiro atoms. The van der Waals surface area contributed by atoms with Crippen molar-refractivity contribution in [2.45, 2.75) is 0 Å². The molecule has 0 heterocycles. The first kappa shape index (κ1) is 14.3. The molecule has 2 aromatic carbocycles. The van der Waals surface area contributed by atoms with Gasteiger partial charge in [-0.1, -0.05) is 52.3 Å². The standard InChI is InChI=1S/C16H15BrN2O/c17-15-8-9-16(14(11-15)12-19-18)20-10-4-7-13-5-2-1-3-6-13/h1-9,11-12H,10,18H2. The van der Waals surface area contributed by atoms with Gasteiger partial charge >= 0.3 is 0 Å². The molecule has 20 heavy (non-hydrogen) atoms. The van der Waals surface area contributed by atoms with Gasteiger partial charge in [-0.25, -0.2) is 0 Å². The summed E-state index contributed by atoms with van der Waals surface area (Å²) in [4.78, 5) is 0. The molecule has 2 N–H and O–H groups in total. The first-order valence-electron chi connectivity index (χ1n) is 6.17. The normalized spacial score (nSPS) is 11.2. The second-order valence-corrected chi connectivity index (χ2v) is 5.00. The van der Waals surface area contributed by atoms with Gasteiger partial charge in [-0.2, -0.15) is 5.10 Å². The SMILES string of the molecule is NN=Cc1cc(Br)ccc1OCC=Cc1ccccc1. The molecule has 0 aliphatic rings. The number of rotatable bonds is 5. The van der Waals surface area contributed by atoms with Crippen LogP contribution in [-0.2, 0) is 0 Å². The van der Waals surface area contributed by atoms with Crippen molar-refractivity contribution in [1.82, 2.24) is 0 Å². The highest BCUT2D eigenvalue weighted by Gasteiger charge is 2.01. The molecule has 0 amide bonds. The monoisotopic (exact) mass is 330 g/mol. The Morgan fingerprint density at radius 1 is 1.15 bits per heavy atom. The number of benzene rings is 2. The molecule has 102 valence electrons. The van der Waals surface area contributed by atoms with Gasteiger partial charge in [-0.05, 0) is 29.8 Å². The van der Waals surface area contributed by atoms with Crippen LogP contribution in [0, 0.1) is 0 Å². The third kappa shape index (κ3) is 4.24. The molecule has 0 aliphatic heterocycles. The van der Waals surface area contributed by atoms with E-state index in [4.69, 9.17) is 10.6 Å². The Hall–Kier alpha value is -2.07. The third-order valence-electron chi connectivity index (χ3n) is 2.63. The lowest BCUT2D eigenvalue weighted by Crippen LogP contribution is -1.98. The summed E-state index contributed by atoms with van der Waals surface area (Å²) in [6, 6.07) is 15.8. The van der Waals surface area contributed by atoms with Gasteiger partial charge in [0, 0.05) is 10.0 Å². The molecule has 0 atom stereocenters. The summed E-state index contributed by atoms with van der Waals surface area (Å²) in [7, 11) is 0.